The number of benzene rings is 2. The standard InChI is InChI=1S/C24H29N3O6S2/c1-16-4-6-21(32-3)19(12-16)25-23(28)14-27-20-13-18(35(30,31)26-8-10-33-11-9-26)5-7-22(20)34-15-17(2)24(27)29/h4-7,12-13,17H,8-11,14-15H2,1-3H3,(H,25,28). The Labute approximate surface area is 209 Å². The third kappa shape index (κ3) is 5.48. The molecule has 2 heterocycles. The summed E-state index contributed by atoms with van der Waals surface area (Å²) in [6, 6.07) is 10.2. The summed E-state index contributed by atoms with van der Waals surface area (Å²) >= 11 is 1.48. The first-order valence-electron chi connectivity index (χ1n) is 11.3. The molecule has 2 aliphatic heterocycles. The number of thioether (sulfide) groups is 1. The Bertz CT molecular complexity index is 1230. The number of ether oxygens (including phenoxy) is 2. The van der Waals surface area contributed by atoms with Gasteiger partial charge >= 0.3 is 0 Å². The summed E-state index contributed by atoms with van der Waals surface area (Å²) in [5, 5.41) is 2.83. The smallest absolute Gasteiger partial charge is 0.244 e. The number of carbonyl (C=O) groups excluding carboxylic acids is 2. The normalized spacial score (nSPS) is 19.1. The molecule has 2 aliphatic rings. The fourth-order valence-corrected chi connectivity index (χ4v) is 6.50. The van der Waals surface area contributed by atoms with E-state index in [2.05, 4.69) is 5.32 Å². The molecule has 0 radical (unpaired) electrons. The van der Waals surface area contributed by atoms with Crippen molar-refractivity contribution >= 4 is 45.0 Å². The third-order valence-corrected chi connectivity index (χ3v) is 9.15. The molecule has 1 atom stereocenters. The number of anilines is 2. The average Bonchev–Trinajstić information content (AvgIpc) is 2.96. The zero-order valence-electron chi connectivity index (χ0n) is 19.9. The fraction of sp³-hybridized carbons (Fsp3) is 0.417. The minimum Gasteiger partial charge on any atom is -0.495 e. The third-order valence-electron chi connectivity index (χ3n) is 5.94. The molecule has 11 heteroatoms. The van der Waals surface area contributed by atoms with Gasteiger partial charge in [-0.1, -0.05) is 13.0 Å². The van der Waals surface area contributed by atoms with Crippen molar-refractivity contribution in [2.75, 3.05) is 55.9 Å². The number of hydrogen-bond acceptors (Lipinski definition) is 7. The van der Waals surface area contributed by atoms with Gasteiger partial charge in [-0.25, -0.2) is 8.42 Å². The van der Waals surface area contributed by atoms with E-state index in [1.54, 1.807) is 31.2 Å². The van der Waals surface area contributed by atoms with Crippen molar-refractivity contribution in [3.63, 3.8) is 0 Å². The Morgan fingerprint density at radius 2 is 1.94 bits per heavy atom. The van der Waals surface area contributed by atoms with Gasteiger partial charge in [0.25, 0.3) is 0 Å². The van der Waals surface area contributed by atoms with E-state index < -0.39 is 15.9 Å². The Hall–Kier alpha value is -2.60. The number of hydrogen-bond donors (Lipinski definition) is 1. The molecular weight excluding hydrogens is 490 g/mol. The van der Waals surface area contributed by atoms with Gasteiger partial charge in [-0.2, -0.15) is 4.31 Å². The van der Waals surface area contributed by atoms with Gasteiger partial charge in [0.2, 0.25) is 21.8 Å². The van der Waals surface area contributed by atoms with Crippen molar-refractivity contribution < 1.29 is 27.5 Å². The van der Waals surface area contributed by atoms with Crippen LogP contribution in [-0.2, 0) is 24.3 Å². The second-order valence-corrected chi connectivity index (χ2v) is 11.5. The number of fused-ring (bicyclic) bond motifs is 1. The van der Waals surface area contributed by atoms with Crippen LogP contribution in [0.4, 0.5) is 11.4 Å². The van der Waals surface area contributed by atoms with E-state index in [-0.39, 0.29) is 36.4 Å². The number of carbonyl (C=O) groups is 2. The zero-order valence-corrected chi connectivity index (χ0v) is 21.6. The number of amides is 2. The monoisotopic (exact) mass is 519 g/mol. The summed E-state index contributed by atoms with van der Waals surface area (Å²) < 4.78 is 38.5. The minimum absolute atomic E-state index is 0.0897. The maximum absolute atomic E-state index is 13.3. The van der Waals surface area contributed by atoms with E-state index in [0.717, 1.165) is 10.5 Å². The Morgan fingerprint density at radius 1 is 1.20 bits per heavy atom. The number of morpholine rings is 1. The molecule has 4 rings (SSSR count). The number of nitrogens with one attached hydrogen (secondary N) is 1. The first kappa shape index (κ1) is 25.5. The van der Waals surface area contributed by atoms with Gasteiger partial charge in [0, 0.05) is 29.7 Å². The predicted molar refractivity (Wildman–Crippen MR) is 135 cm³/mol. The Balaban J connectivity index is 1.65. The molecule has 2 amide bonds. The fourth-order valence-electron chi connectivity index (χ4n) is 4.01. The van der Waals surface area contributed by atoms with E-state index in [1.165, 1.54) is 34.1 Å². The van der Waals surface area contributed by atoms with Crippen molar-refractivity contribution in [3.05, 3.63) is 42.0 Å². The number of rotatable bonds is 6. The lowest BCUT2D eigenvalue weighted by molar-refractivity contribution is -0.123. The van der Waals surface area contributed by atoms with Crippen LogP contribution in [0.5, 0.6) is 5.75 Å². The van der Waals surface area contributed by atoms with Crippen LogP contribution in [0, 0.1) is 12.8 Å². The van der Waals surface area contributed by atoms with E-state index in [4.69, 9.17) is 9.47 Å². The molecule has 2 aromatic carbocycles. The van der Waals surface area contributed by atoms with Gasteiger partial charge in [0.1, 0.15) is 12.3 Å². The molecule has 2 aromatic rings. The molecule has 9 nitrogen and oxygen atoms in total. The second kappa shape index (κ2) is 10.6. The topological polar surface area (TPSA) is 105 Å². The summed E-state index contributed by atoms with van der Waals surface area (Å²) in [4.78, 5) is 28.6. The quantitative estimate of drug-likeness (QED) is 0.626. The van der Waals surface area contributed by atoms with Crippen molar-refractivity contribution in [1.82, 2.24) is 4.31 Å². The van der Waals surface area contributed by atoms with Crippen LogP contribution in [0.3, 0.4) is 0 Å². The molecule has 1 saturated heterocycles. The van der Waals surface area contributed by atoms with Gasteiger partial charge in [-0.05, 0) is 42.8 Å². The lowest BCUT2D eigenvalue weighted by Crippen LogP contribution is -2.42. The van der Waals surface area contributed by atoms with Gasteiger partial charge in [-0.3, -0.25) is 9.59 Å². The lowest BCUT2D eigenvalue weighted by Gasteiger charge is -2.27. The average molecular weight is 520 g/mol. The van der Waals surface area contributed by atoms with Gasteiger partial charge < -0.3 is 19.7 Å². The predicted octanol–water partition coefficient (Wildman–Crippen LogP) is 2.74. The van der Waals surface area contributed by atoms with Crippen LogP contribution >= 0.6 is 11.8 Å². The Morgan fingerprint density at radius 3 is 2.66 bits per heavy atom. The highest BCUT2D eigenvalue weighted by molar-refractivity contribution is 7.99. The molecule has 0 aromatic heterocycles. The second-order valence-electron chi connectivity index (χ2n) is 8.53. The molecule has 0 spiro atoms. The highest BCUT2D eigenvalue weighted by Crippen LogP contribution is 2.38. The molecule has 1 fully saturated rings. The molecule has 35 heavy (non-hydrogen) atoms. The summed E-state index contributed by atoms with van der Waals surface area (Å²) in [5.41, 5.74) is 1.87. The highest BCUT2D eigenvalue weighted by atomic mass is 32.2. The number of aryl methyl sites for hydroxylation is 1. The van der Waals surface area contributed by atoms with Gasteiger partial charge in [0.15, 0.2) is 0 Å². The van der Waals surface area contributed by atoms with Crippen molar-refractivity contribution in [2.24, 2.45) is 5.92 Å². The molecule has 0 saturated carbocycles. The van der Waals surface area contributed by atoms with Crippen LogP contribution in [0.25, 0.3) is 0 Å². The largest absolute Gasteiger partial charge is 0.495 e. The van der Waals surface area contributed by atoms with Crippen LogP contribution < -0.4 is 15.0 Å². The van der Waals surface area contributed by atoms with Crippen LogP contribution in [0.2, 0.25) is 0 Å². The molecule has 188 valence electrons. The number of methoxy groups -OCH3 is 1. The Kier molecular flexibility index (Phi) is 7.70. The molecule has 1 unspecified atom stereocenters. The highest BCUT2D eigenvalue weighted by Gasteiger charge is 2.33. The summed E-state index contributed by atoms with van der Waals surface area (Å²) in [6.45, 7) is 4.67. The maximum atomic E-state index is 13.3. The van der Waals surface area contributed by atoms with Crippen molar-refractivity contribution in [1.29, 1.82) is 0 Å². The first-order valence-corrected chi connectivity index (χ1v) is 13.7. The van der Waals surface area contributed by atoms with Crippen LogP contribution in [0.15, 0.2) is 46.2 Å². The van der Waals surface area contributed by atoms with Crippen LogP contribution in [-0.4, -0.2) is 70.2 Å². The summed E-state index contributed by atoms with van der Waals surface area (Å²) in [6.07, 6.45) is 0. The zero-order chi connectivity index (χ0) is 25.2. The van der Waals surface area contributed by atoms with Crippen LogP contribution in [0.1, 0.15) is 12.5 Å². The summed E-state index contributed by atoms with van der Waals surface area (Å²) in [7, 11) is -2.25. The van der Waals surface area contributed by atoms with E-state index in [1.807, 2.05) is 13.0 Å². The van der Waals surface area contributed by atoms with Gasteiger partial charge in [-0.15, -0.1) is 11.8 Å². The van der Waals surface area contributed by atoms with Gasteiger partial charge in [0.05, 0.1) is 36.6 Å². The van der Waals surface area contributed by atoms with Crippen molar-refractivity contribution in [3.8, 4) is 5.75 Å². The molecular formula is C24H29N3O6S2. The molecule has 0 aliphatic carbocycles. The van der Waals surface area contributed by atoms with E-state index in [0.29, 0.717) is 36.1 Å². The number of sulfonamides is 1. The van der Waals surface area contributed by atoms with E-state index in [9.17, 15) is 18.0 Å². The number of nitrogens with zero attached hydrogens (tertiary/aromatic N) is 2. The SMILES string of the molecule is COc1ccc(C)cc1NC(=O)CN1C(=O)C(C)CSc2ccc(S(=O)(=O)N3CCOCC3)cc21. The van der Waals surface area contributed by atoms with E-state index >= 15 is 0 Å². The lowest BCUT2D eigenvalue weighted by atomic mass is 10.1. The van der Waals surface area contributed by atoms with Crippen molar-refractivity contribution in [2.45, 2.75) is 23.6 Å². The molecule has 1 N–H and O–H groups in total. The maximum Gasteiger partial charge on any atom is 0.244 e. The summed E-state index contributed by atoms with van der Waals surface area (Å²) in [5.74, 6) is 0.0604. The first-order chi connectivity index (χ1) is 16.7. The minimum atomic E-state index is -3.76. The molecule has 0 bridgehead atoms.